The van der Waals surface area contributed by atoms with Gasteiger partial charge in [0.25, 0.3) is 0 Å². The van der Waals surface area contributed by atoms with E-state index in [2.05, 4.69) is 20.3 Å². The van der Waals surface area contributed by atoms with E-state index < -0.39 is 12.0 Å². The monoisotopic (exact) mass is 300 g/mol. The van der Waals surface area contributed by atoms with Crippen LogP contribution in [0.5, 0.6) is 0 Å². The predicted octanol–water partition coefficient (Wildman–Crippen LogP) is 0.119. The first-order valence-corrected chi connectivity index (χ1v) is 7.30. The minimum absolute atomic E-state index is 0.106. The standard InChI is InChI=1S/C11H16N4O4S/c1-18-10(17)7(12)4-20-5-8(16)13-11-15-14-9(19-11)6-2-3-6/h6-7H,2-5,12H2,1H3,(H,13,15,16). The molecule has 3 N–H and O–H groups in total. The van der Waals surface area contributed by atoms with Crippen molar-refractivity contribution in [3.63, 3.8) is 0 Å². The molecule has 1 saturated carbocycles. The fourth-order valence-electron chi connectivity index (χ4n) is 1.43. The highest BCUT2D eigenvalue weighted by atomic mass is 32.2. The molecule has 0 saturated heterocycles. The van der Waals surface area contributed by atoms with Crippen molar-refractivity contribution in [2.24, 2.45) is 5.73 Å². The molecular weight excluding hydrogens is 284 g/mol. The Morgan fingerprint density at radius 2 is 2.30 bits per heavy atom. The Morgan fingerprint density at radius 1 is 1.55 bits per heavy atom. The number of amides is 1. The van der Waals surface area contributed by atoms with Crippen molar-refractivity contribution in [1.29, 1.82) is 0 Å². The van der Waals surface area contributed by atoms with Gasteiger partial charge in [-0.15, -0.1) is 16.9 Å². The van der Waals surface area contributed by atoms with Crippen molar-refractivity contribution in [3.8, 4) is 0 Å². The maximum Gasteiger partial charge on any atom is 0.323 e. The van der Waals surface area contributed by atoms with Gasteiger partial charge in [-0.25, -0.2) is 0 Å². The SMILES string of the molecule is COC(=O)C(N)CSCC(=O)Nc1nnc(C2CC2)o1. The van der Waals surface area contributed by atoms with Crippen LogP contribution in [-0.2, 0) is 14.3 Å². The molecule has 1 fully saturated rings. The van der Waals surface area contributed by atoms with E-state index in [-0.39, 0.29) is 17.7 Å². The summed E-state index contributed by atoms with van der Waals surface area (Å²) in [6, 6.07) is -0.627. The van der Waals surface area contributed by atoms with Gasteiger partial charge in [-0.2, -0.15) is 0 Å². The van der Waals surface area contributed by atoms with Crippen LogP contribution in [0.25, 0.3) is 0 Å². The maximum atomic E-state index is 11.6. The topological polar surface area (TPSA) is 120 Å². The number of nitrogens with two attached hydrogens (primary N) is 1. The van der Waals surface area contributed by atoms with E-state index in [1.165, 1.54) is 18.9 Å². The smallest absolute Gasteiger partial charge is 0.323 e. The average Bonchev–Trinajstić information content (AvgIpc) is 3.18. The number of nitrogens with one attached hydrogen (secondary N) is 1. The number of nitrogens with zero attached hydrogens (tertiary/aromatic N) is 2. The van der Waals surface area contributed by atoms with Crippen LogP contribution < -0.4 is 11.1 Å². The Morgan fingerprint density at radius 3 is 2.95 bits per heavy atom. The van der Waals surface area contributed by atoms with Crippen molar-refractivity contribution >= 4 is 29.7 Å². The summed E-state index contributed by atoms with van der Waals surface area (Å²) in [6.07, 6.45) is 2.10. The minimum Gasteiger partial charge on any atom is -0.468 e. The van der Waals surface area contributed by atoms with Crippen molar-refractivity contribution in [3.05, 3.63) is 5.89 Å². The molecule has 1 amide bonds. The van der Waals surface area contributed by atoms with Crippen LogP contribution in [0, 0.1) is 0 Å². The number of ether oxygens (including phenoxy) is 1. The van der Waals surface area contributed by atoms with Gasteiger partial charge in [0.05, 0.1) is 12.9 Å². The van der Waals surface area contributed by atoms with Crippen molar-refractivity contribution in [1.82, 2.24) is 10.2 Å². The molecular formula is C11H16N4O4S. The summed E-state index contributed by atoms with van der Waals surface area (Å²) in [5, 5.41) is 10.1. The second kappa shape index (κ2) is 6.71. The molecule has 0 aliphatic heterocycles. The number of methoxy groups -OCH3 is 1. The second-order valence-corrected chi connectivity index (χ2v) is 5.44. The Kier molecular flexibility index (Phi) is 4.96. The predicted molar refractivity (Wildman–Crippen MR) is 72.2 cm³/mol. The van der Waals surface area contributed by atoms with Gasteiger partial charge in [0.15, 0.2) is 0 Å². The lowest BCUT2D eigenvalue weighted by molar-refractivity contribution is -0.141. The number of thioether (sulfide) groups is 1. The van der Waals surface area contributed by atoms with Gasteiger partial charge in [-0.1, -0.05) is 5.10 Å². The summed E-state index contributed by atoms with van der Waals surface area (Å²) in [5.41, 5.74) is 5.54. The minimum atomic E-state index is -0.734. The van der Waals surface area contributed by atoms with Crippen LogP contribution in [0.3, 0.4) is 0 Å². The van der Waals surface area contributed by atoms with Crippen LogP contribution in [0.4, 0.5) is 6.01 Å². The van der Waals surface area contributed by atoms with Gasteiger partial charge in [0.1, 0.15) is 6.04 Å². The van der Waals surface area contributed by atoms with E-state index in [1.807, 2.05) is 0 Å². The van der Waals surface area contributed by atoms with E-state index in [0.717, 1.165) is 12.8 Å². The first-order valence-electron chi connectivity index (χ1n) is 6.14. The van der Waals surface area contributed by atoms with Crippen LogP contribution in [-0.4, -0.2) is 46.7 Å². The second-order valence-electron chi connectivity index (χ2n) is 4.41. The lowest BCUT2D eigenvalue weighted by Gasteiger charge is -2.07. The average molecular weight is 300 g/mol. The van der Waals surface area contributed by atoms with E-state index in [0.29, 0.717) is 17.6 Å². The molecule has 0 bridgehead atoms. The number of hydrogen-bond acceptors (Lipinski definition) is 8. The zero-order valence-corrected chi connectivity index (χ0v) is 11.8. The third-order valence-corrected chi connectivity index (χ3v) is 3.71. The highest BCUT2D eigenvalue weighted by Gasteiger charge is 2.29. The van der Waals surface area contributed by atoms with Crippen molar-refractivity contribution < 1.29 is 18.7 Å². The Balaban J connectivity index is 1.68. The van der Waals surface area contributed by atoms with Gasteiger partial charge < -0.3 is 14.9 Å². The van der Waals surface area contributed by atoms with Crippen molar-refractivity contribution in [2.45, 2.75) is 24.8 Å². The zero-order valence-electron chi connectivity index (χ0n) is 11.0. The summed E-state index contributed by atoms with van der Waals surface area (Å²) in [6.45, 7) is 0. The summed E-state index contributed by atoms with van der Waals surface area (Å²) >= 11 is 1.23. The summed E-state index contributed by atoms with van der Waals surface area (Å²) < 4.78 is 9.78. The fourth-order valence-corrected chi connectivity index (χ4v) is 2.20. The largest absolute Gasteiger partial charge is 0.468 e. The lowest BCUT2D eigenvalue weighted by Crippen LogP contribution is -2.34. The Labute approximate surface area is 119 Å². The fraction of sp³-hybridized carbons (Fsp3) is 0.636. The third-order valence-electron chi connectivity index (χ3n) is 2.65. The summed E-state index contributed by atoms with van der Waals surface area (Å²) in [5.74, 6) is 0.589. The molecule has 1 heterocycles. The molecule has 0 aromatic carbocycles. The number of aromatic nitrogens is 2. The van der Waals surface area contributed by atoms with E-state index in [1.54, 1.807) is 0 Å². The first-order chi connectivity index (χ1) is 9.60. The highest BCUT2D eigenvalue weighted by molar-refractivity contribution is 8.00. The van der Waals surface area contributed by atoms with Gasteiger partial charge in [-0.05, 0) is 12.8 Å². The van der Waals surface area contributed by atoms with Crippen molar-refractivity contribution in [2.75, 3.05) is 23.9 Å². The Hall–Kier alpha value is -1.61. The van der Waals surface area contributed by atoms with E-state index in [9.17, 15) is 9.59 Å². The molecule has 0 spiro atoms. The van der Waals surface area contributed by atoms with Gasteiger partial charge in [0, 0.05) is 11.7 Å². The molecule has 1 aliphatic rings. The van der Waals surface area contributed by atoms with Gasteiger partial charge in [0.2, 0.25) is 11.8 Å². The lowest BCUT2D eigenvalue weighted by atomic mass is 10.4. The molecule has 9 heteroatoms. The third kappa shape index (κ3) is 4.20. The zero-order chi connectivity index (χ0) is 14.5. The van der Waals surface area contributed by atoms with Gasteiger partial charge >= 0.3 is 12.0 Å². The summed E-state index contributed by atoms with van der Waals surface area (Å²) in [7, 11) is 1.27. The molecule has 110 valence electrons. The first kappa shape index (κ1) is 14.8. The molecule has 1 aliphatic carbocycles. The molecule has 1 atom stereocenters. The number of hydrogen-bond donors (Lipinski definition) is 2. The van der Waals surface area contributed by atoms with Crippen LogP contribution in [0.1, 0.15) is 24.7 Å². The number of rotatable bonds is 7. The number of carbonyl (C=O) groups excluding carboxylic acids is 2. The maximum absolute atomic E-state index is 11.6. The number of esters is 1. The number of carbonyl (C=O) groups is 2. The molecule has 20 heavy (non-hydrogen) atoms. The molecule has 1 unspecified atom stereocenters. The van der Waals surface area contributed by atoms with Crippen LogP contribution in [0.2, 0.25) is 0 Å². The normalized spacial score (nSPS) is 15.7. The Bertz CT molecular complexity index is 489. The van der Waals surface area contributed by atoms with E-state index in [4.69, 9.17) is 10.2 Å². The highest BCUT2D eigenvalue weighted by Crippen LogP contribution is 2.39. The molecule has 2 rings (SSSR count). The van der Waals surface area contributed by atoms with Crippen LogP contribution in [0.15, 0.2) is 4.42 Å². The van der Waals surface area contributed by atoms with Gasteiger partial charge in [-0.3, -0.25) is 14.9 Å². The quantitative estimate of drug-likeness (QED) is 0.681. The van der Waals surface area contributed by atoms with Crippen LogP contribution >= 0.6 is 11.8 Å². The molecule has 0 radical (unpaired) electrons. The number of anilines is 1. The molecule has 1 aromatic heterocycles. The van der Waals surface area contributed by atoms with E-state index >= 15 is 0 Å². The molecule has 1 aromatic rings. The summed E-state index contributed by atoms with van der Waals surface area (Å²) in [4.78, 5) is 22.7. The molecule has 8 nitrogen and oxygen atoms in total.